The van der Waals surface area contributed by atoms with Gasteiger partial charge < -0.3 is 10.2 Å². The number of amides is 4. The minimum Gasteiger partial charge on any atom is -0.338 e. The van der Waals surface area contributed by atoms with E-state index in [1.807, 2.05) is 13.8 Å². The Morgan fingerprint density at radius 1 is 1.32 bits per heavy atom. The SMILES string of the molecule is CCCCNC(=O)NC(=NC(=O)N(C)C)SC(C)C. The summed E-state index contributed by atoms with van der Waals surface area (Å²) >= 11 is 1.34. The summed E-state index contributed by atoms with van der Waals surface area (Å²) in [6.07, 6.45) is 1.94. The Bertz CT molecular complexity index is 330. The van der Waals surface area contributed by atoms with E-state index in [4.69, 9.17) is 0 Å². The molecule has 0 bridgehead atoms. The zero-order valence-electron chi connectivity index (χ0n) is 12.3. The van der Waals surface area contributed by atoms with E-state index in [-0.39, 0.29) is 11.3 Å². The van der Waals surface area contributed by atoms with Gasteiger partial charge in [0.2, 0.25) is 0 Å². The summed E-state index contributed by atoms with van der Waals surface area (Å²) < 4.78 is 0. The summed E-state index contributed by atoms with van der Waals surface area (Å²) in [4.78, 5) is 28.4. The monoisotopic (exact) mass is 288 g/mol. The van der Waals surface area contributed by atoms with Crippen LogP contribution in [0.1, 0.15) is 33.6 Å². The number of nitrogens with zero attached hydrogens (tertiary/aromatic N) is 2. The van der Waals surface area contributed by atoms with Crippen LogP contribution in [-0.2, 0) is 0 Å². The summed E-state index contributed by atoms with van der Waals surface area (Å²) in [5.74, 6) is 0. The van der Waals surface area contributed by atoms with Crippen LogP contribution >= 0.6 is 11.8 Å². The Morgan fingerprint density at radius 3 is 2.42 bits per heavy atom. The van der Waals surface area contributed by atoms with E-state index in [0.717, 1.165) is 12.8 Å². The van der Waals surface area contributed by atoms with Crippen molar-refractivity contribution in [3.63, 3.8) is 0 Å². The molecule has 0 unspecified atom stereocenters. The zero-order chi connectivity index (χ0) is 14.8. The third-order valence-corrected chi connectivity index (χ3v) is 2.85. The number of unbranched alkanes of at least 4 members (excludes halogenated alkanes) is 1. The molecule has 0 heterocycles. The maximum absolute atomic E-state index is 11.6. The summed E-state index contributed by atoms with van der Waals surface area (Å²) in [5.41, 5.74) is 0. The number of urea groups is 2. The van der Waals surface area contributed by atoms with Crippen LogP contribution in [0.2, 0.25) is 0 Å². The molecule has 2 N–H and O–H groups in total. The lowest BCUT2D eigenvalue weighted by molar-refractivity contribution is 0.227. The average molecular weight is 288 g/mol. The molecule has 7 heteroatoms. The van der Waals surface area contributed by atoms with Crippen molar-refractivity contribution in [2.24, 2.45) is 4.99 Å². The molecule has 19 heavy (non-hydrogen) atoms. The first-order chi connectivity index (χ1) is 8.86. The molecule has 0 rings (SSSR count). The summed E-state index contributed by atoms with van der Waals surface area (Å²) in [6, 6.07) is -0.719. The molecule has 0 saturated heterocycles. The van der Waals surface area contributed by atoms with E-state index < -0.39 is 6.03 Å². The number of thioether (sulfide) groups is 1. The van der Waals surface area contributed by atoms with Gasteiger partial charge >= 0.3 is 12.1 Å². The molecule has 0 spiro atoms. The molecule has 0 fully saturated rings. The van der Waals surface area contributed by atoms with Crippen LogP contribution < -0.4 is 10.6 Å². The number of carbonyl (C=O) groups is 2. The van der Waals surface area contributed by atoms with E-state index in [0.29, 0.717) is 11.7 Å². The molecular formula is C12H24N4O2S. The Morgan fingerprint density at radius 2 is 1.95 bits per heavy atom. The van der Waals surface area contributed by atoms with E-state index in [1.54, 1.807) is 14.1 Å². The number of carbonyl (C=O) groups excluding carboxylic acids is 2. The molecule has 0 aliphatic carbocycles. The zero-order valence-corrected chi connectivity index (χ0v) is 13.1. The fourth-order valence-electron chi connectivity index (χ4n) is 1.01. The second kappa shape index (κ2) is 9.66. The quantitative estimate of drug-likeness (QED) is 0.473. The first-order valence-electron chi connectivity index (χ1n) is 6.38. The smallest absolute Gasteiger partial charge is 0.338 e. The first-order valence-corrected chi connectivity index (χ1v) is 7.26. The fraction of sp³-hybridized carbons (Fsp3) is 0.750. The van der Waals surface area contributed by atoms with Crippen LogP contribution in [0.15, 0.2) is 4.99 Å². The average Bonchev–Trinajstić information content (AvgIpc) is 2.27. The van der Waals surface area contributed by atoms with Crippen LogP contribution in [-0.4, -0.2) is 48.0 Å². The molecule has 0 aromatic carbocycles. The van der Waals surface area contributed by atoms with Crippen molar-refractivity contribution >= 4 is 29.0 Å². The van der Waals surface area contributed by atoms with Crippen LogP contribution in [0, 0.1) is 0 Å². The minimum atomic E-state index is -0.392. The summed E-state index contributed by atoms with van der Waals surface area (Å²) in [7, 11) is 3.23. The normalized spacial score (nSPS) is 11.4. The Labute approximate surface area is 119 Å². The molecule has 0 aromatic heterocycles. The number of aliphatic imine (C=N–C) groups is 1. The molecule has 0 saturated carbocycles. The molecule has 0 radical (unpaired) electrons. The van der Waals surface area contributed by atoms with Crippen molar-refractivity contribution in [3.05, 3.63) is 0 Å². The molecule has 0 aliphatic rings. The molecule has 4 amide bonds. The second-order valence-corrected chi connectivity index (χ2v) is 6.06. The lowest BCUT2D eigenvalue weighted by Crippen LogP contribution is -2.39. The van der Waals surface area contributed by atoms with Crippen molar-refractivity contribution in [2.75, 3.05) is 20.6 Å². The highest BCUT2D eigenvalue weighted by Crippen LogP contribution is 2.10. The van der Waals surface area contributed by atoms with E-state index in [1.165, 1.54) is 16.7 Å². The van der Waals surface area contributed by atoms with Gasteiger partial charge in [0.25, 0.3) is 0 Å². The third-order valence-electron chi connectivity index (χ3n) is 1.96. The highest BCUT2D eigenvalue weighted by Gasteiger charge is 2.11. The van der Waals surface area contributed by atoms with Gasteiger partial charge in [-0.1, -0.05) is 39.0 Å². The molecule has 6 nitrogen and oxygen atoms in total. The van der Waals surface area contributed by atoms with E-state index in [2.05, 4.69) is 22.5 Å². The highest BCUT2D eigenvalue weighted by molar-refractivity contribution is 8.14. The van der Waals surface area contributed by atoms with Gasteiger partial charge in [-0.15, -0.1) is 0 Å². The number of rotatable bonds is 4. The maximum atomic E-state index is 11.6. The predicted molar refractivity (Wildman–Crippen MR) is 80.7 cm³/mol. The molecule has 110 valence electrons. The van der Waals surface area contributed by atoms with Gasteiger partial charge in [0, 0.05) is 25.9 Å². The Hall–Kier alpha value is -1.24. The third kappa shape index (κ3) is 9.35. The first kappa shape index (κ1) is 17.8. The molecular weight excluding hydrogens is 264 g/mol. The van der Waals surface area contributed by atoms with Crippen molar-refractivity contribution in [1.82, 2.24) is 15.5 Å². The van der Waals surface area contributed by atoms with Crippen molar-refractivity contribution in [3.8, 4) is 0 Å². The van der Waals surface area contributed by atoms with Gasteiger partial charge in [0.15, 0.2) is 5.17 Å². The minimum absolute atomic E-state index is 0.227. The topological polar surface area (TPSA) is 73.8 Å². The van der Waals surface area contributed by atoms with Gasteiger partial charge in [-0.3, -0.25) is 5.32 Å². The lowest BCUT2D eigenvalue weighted by atomic mass is 10.3. The molecule has 0 atom stereocenters. The highest BCUT2D eigenvalue weighted by atomic mass is 32.2. The van der Waals surface area contributed by atoms with Gasteiger partial charge in [0.1, 0.15) is 0 Å². The molecule has 0 aliphatic heterocycles. The van der Waals surface area contributed by atoms with E-state index >= 15 is 0 Å². The summed E-state index contributed by atoms with van der Waals surface area (Å²) in [5, 5.41) is 5.88. The fourth-order valence-corrected chi connectivity index (χ4v) is 1.74. The van der Waals surface area contributed by atoms with Gasteiger partial charge in [-0.05, 0) is 6.42 Å². The summed E-state index contributed by atoms with van der Waals surface area (Å²) in [6.45, 7) is 6.61. The lowest BCUT2D eigenvalue weighted by Gasteiger charge is -2.12. The number of hydrogen-bond donors (Lipinski definition) is 2. The van der Waals surface area contributed by atoms with Gasteiger partial charge in [-0.25, -0.2) is 9.59 Å². The van der Waals surface area contributed by atoms with Crippen LogP contribution in [0.25, 0.3) is 0 Å². The largest absolute Gasteiger partial charge is 0.345 e. The molecule has 0 aromatic rings. The standard InChI is InChI=1S/C12H24N4O2S/c1-6-7-8-13-10(17)14-11(19-9(2)3)15-12(18)16(4)5/h9H,6-8H2,1-5H3,(H2,13,14,15,17,18). The maximum Gasteiger partial charge on any atom is 0.345 e. The number of hydrogen-bond acceptors (Lipinski definition) is 3. The Kier molecular flexibility index (Phi) is 9.03. The van der Waals surface area contributed by atoms with Gasteiger partial charge in [-0.2, -0.15) is 4.99 Å². The van der Waals surface area contributed by atoms with Crippen molar-refractivity contribution < 1.29 is 9.59 Å². The van der Waals surface area contributed by atoms with E-state index in [9.17, 15) is 9.59 Å². The van der Waals surface area contributed by atoms with Crippen LogP contribution in [0.4, 0.5) is 9.59 Å². The van der Waals surface area contributed by atoms with Crippen molar-refractivity contribution in [1.29, 1.82) is 0 Å². The van der Waals surface area contributed by atoms with Crippen molar-refractivity contribution in [2.45, 2.75) is 38.9 Å². The Balaban J connectivity index is 4.51. The number of nitrogens with one attached hydrogen (secondary N) is 2. The number of amidine groups is 1. The van der Waals surface area contributed by atoms with Gasteiger partial charge in [0.05, 0.1) is 0 Å². The predicted octanol–water partition coefficient (Wildman–Crippen LogP) is 2.26. The van der Waals surface area contributed by atoms with Crippen LogP contribution in [0.5, 0.6) is 0 Å². The van der Waals surface area contributed by atoms with Crippen LogP contribution in [0.3, 0.4) is 0 Å². The second-order valence-electron chi connectivity index (χ2n) is 4.50.